The van der Waals surface area contributed by atoms with Crippen LogP contribution in [0.3, 0.4) is 0 Å². The van der Waals surface area contributed by atoms with Crippen molar-refractivity contribution in [3.05, 3.63) is 102 Å². The zero-order valence-electron chi connectivity index (χ0n) is 16.7. The molecule has 0 bridgehead atoms. The molecule has 0 aliphatic carbocycles. The quantitative estimate of drug-likeness (QED) is 0.333. The number of para-hydroxylation sites is 1. The lowest BCUT2D eigenvalue weighted by Gasteiger charge is -2.17. The third-order valence-corrected chi connectivity index (χ3v) is 6.58. The molecule has 2 heterocycles. The molecule has 3 aromatic carbocycles. The molecule has 4 nitrogen and oxygen atoms in total. The monoisotopic (exact) mass is 410 g/mol. The van der Waals surface area contributed by atoms with Crippen LogP contribution in [0.2, 0.25) is 0 Å². The second-order valence-electron chi connectivity index (χ2n) is 7.12. The van der Waals surface area contributed by atoms with Gasteiger partial charge in [-0.25, -0.2) is 0 Å². The first-order chi connectivity index (χ1) is 14.8. The van der Waals surface area contributed by atoms with E-state index in [0.717, 1.165) is 28.6 Å². The van der Waals surface area contributed by atoms with E-state index < -0.39 is 0 Å². The Kier molecular flexibility index (Phi) is 5.11. The highest BCUT2D eigenvalue weighted by atomic mass is 32.2. The van der Waals surface area contributed by atoms with Crippen molar-refractivity contribution in [3.8, 4) is 11.4 Å². The third-order valence-electron chi connectivity index (χ3n) is 5.29. The number of aromatic nitrogens is 4. The van der Waals surface area contributed by atoms with E-state index in [-0.39, 0.29) is 5.25 Å². The molecular formula is C25H22N4S. The molecule has 0 saturated carbocycles. The molecule has 0 atom stereocenters. The molecule has 0 spiro atoms. The van der Waals surface area contributed by atoms with E-state index in [9.17, 15) is 0 Å². The van der Waals surface area contributed by atoms with Crippen molar-refractivity contribution in [3.63, 3.8) is 0 Å². The molecule has 1 N–H and O–H groups in total. The van der Waals surface area contributed by atoms with E-state index in [0.29, 0.717) is 0 Å². The fourth-order valence-electron chi connectivity index (χ4n) is 3.81. The van der Waals surface area contributed by atoms with E-state index in [1.54, 1.807) is 11.8 Å². The first kappa shape index (κ1) is 18.7. The summed E-state index contributed by atoms with van der Waals surface area (Å²) < 4.78 is 2.21. The van der Waals surface area contributed by atoms with Crippen LogP contribution in [0.15, 0.2) is 96.3 Å². The van der Waals surface area contributed by atoms with E-state index >= 15 is 0 Å². The zero-order chi connectivity index (χ0) is 20.3. The van der Waals surface area contributed by atoms with Gasteiger partial charge in [0.15, 0.2) is 11.0 Å². The van der Waals surface area contributed by atoms with E-state index in [2.05, 4.69) is 106 Å². The highest BCUT2D eigenvalue weighted by Crippen LogP contribution is 2.41. The molecule has 148 valence electrons. The largest absolute Gasteiger partial charge is 0.360 e. The van der Waals surface area contributed by atoms with Gasteiger partial charge in [-0.05, 0) is 24.1 Å². The molecule has 5 heteroatoms. The van der Waals surface area contributed by atoms with Gasteiger partial charge in [-0.1, -0.05) is 90.6 Å². The van der Waals surface area contributed by atoms with Gasteiger partial charge >= 0.3 is 0 Å². The highest BCUT2D eigenvalue weighted by molar-refractivity contribution is 7.99. The van der Waals surface area contributed by atoms with Crippen molar-refractivity contribution in [2.45, 2.75) is 23.9 Å². The van der Waals surface area contributed by atoms with Crippen LogP contribution >= 0.6 is 11.8 Å². The van der Waals surface area contributed by atoms with Crippen molar-refractivity contribution in [2.75, 3.05) is 0 Å². The summed E-state index contributed by atoms with van der Waals surface area (Å²) in [4.78, 5) is 3.35. The predicted molar refractivity (Wildman–Crippen MR) is 124 cm³/mol. The number of H-pyrrole nitrogens is 1. The fourth-order valence-corrected chi connectivity index (χ4v) is 5.03. The van der Waals surface area contributed by atoms with Gasteiger partial charge in [-0.2, -0.15) is 0 Å². The number of benzene rings is 3. The summed E-state index contributed by atoms with van der Waals surface area (Å²) >= 11 is 1.75. The van der Waals surface area contributed by atoms with E-state index in [1.807, 2.05) is 12.3 Å². The van der Waals surface area contributed by atoms with Crippen LogP contribution in [0.4, 0.5) is 0 Å². The SMILES string of the molecule is CCn1c(SC(c2ccccc2)c2ccccc2)nnc1-c1c[nH]c2ccccc12. The summed E-state index contributed by atoms with van der Waals surface area (Å²) in [5.74, 6) is 0.900. The minimum atomic E-state index is 0.151. The standard InChI is InChI=1S/C25H22N4S/c1-2-29-24(21-17-26-22-16-10-9-15-20(21)22)27-28-25(29)30-23(18-11-5-3-6-12-18)19-13-7-4-8-14-19/h3-17,23,26H,2H2,1H3. The van der Waals surface area contributed by atoms with Crippen LogP contribution < -0.4 is 0 Å². The van der Waals surface area contributed by atoms with Crippen molar-refractivity contribution in [1.29, 1.82) is 0 Å². The number of nitrogens with zero attached hydrogens (tertiary/aromatic N) is 3. The molecule has 2 aromatic heterocycles. The number of nitrogens with one attached hydrogen (secondary N) is 1. The van der Waals surface area contributed by atoms with Gasteiger partial charge in [0.1, 0.15) is 0 Å². The Hall–Kier alpha value is -3.31. The van der Waals surface area contributed by atoms with Gasteiger partial charge in [0.05, 0.1) is 5.25 Å². The third kappa shape index (κ3) is 3.42. The predicted octanol–water partition coefficient (Wildman–Crippen LogP) is 6.33. The van der Waals surface area contributed by atoms with Gasteiger partial charge in [0.25, 0.3) is 0 Å². The molecular weight excluding hydrogens is 388 g/mol. The molecule has 0 aliphatic heterocycles. The Morgan fingerprint density at radius 3 is 2.13 bits per heavy atom. The Morgan fingerprint density at radius 2 is 1.47 bits per heavy atom. The molecule has 5 aromatic rings. The first-order valence-electron chi connectivity index (χ1n) is 10.1. The number of thioether (sulfide) groups is 1. The normalized spacial score (nSPS) is 11.4. The maximum atomic E-state index is 4.60. The Balaban J connectivity index is 1.57. The number of fused-ring (bicyclic) bond motifs is 1. The van der Waals surface area contributed by atoms with Gasteiger partial charge < -0.3 is 9.55 Å². The van der Waals surface area contributed by atoms with Crippen molar-refractivity contribution >= 4 is 22.7 Å². The fraction of sp³-hybridized carbons (Fsp3) is 0.120. The molecule has 30 heavy (non-hydrogen) atoms. The van der Waals surface area contributed by atoms with Gasteiger partial charge in [0, 0.05) is 29.2 Å². The van der Waals surface area contributed by atoms with Gasteiger partial charge in [-0.3, -0.25) is 0 Å². The maximum Gasteiger partial charge on any atom is 0.192 e. The smallest absolute Gasteiger partial charge is 0.192 e. The van der Waals surface area contributed by atoms with Crippen LogP contribution in [-0.4, -0.2) is 19.7 Å². The second-order valence-corrected chi connectivity index (χ2v) is 8.19. The minimum absolute atomic E-state index is 0.151. The maximum absolute atomic E-state index is 4.60. The Labute approximate surface area is 180 Å². The lowest BCUT2D eigenvalue weighted by molar-refractivity contribution is 0.686. The molecule has 0 fully saturated rings. The molecule has 5 rings (SSSR count). The molecule has 0 amide bonds. The van der Waals surface area contributed by atoms with Crippen molar-refractivity contribution in [1.82, 2.24) is 19.7 Å². The van der Waals surface area contributed by atoms with Gasteiger partial charge in [-0.15, -0.1) is 10.2 Å². The highest BCUT2D eigenvalue weighted by Gasteiger charge is 2.22. The summed E-state index contributed by atoms with van der Waals surface area (Å²) in [6.07, 6.45) is 2.03. The summed E-state index contributed by atoms with van der Waals surface area (Å²) in [6.45, 7) is 2.95. The second kappa shape index (κ2) is 8.20. The molecule has 0 unspecified atom stereocenters. The molecule has 0 aliphatic rings. The Morgan fingerprint density at radius 1 is 0.833 bits per heavy atom. The zero-order valence-corrected chi connectivity index (χ0v) is 17.5. The van der Waals surface area contributed by atoms with Crippen LogP contribution in [-0.2, 0) is 6.54 Å². The van der Waals surface area contributed by atoms with Crippen molar-refractivity contribution < 1.29 is 0 Å². The topological polar surface area (TPSA) is 46.5 Å². The lowest BCUT2D eigenvalue weighted by Crippen LogP contribution is -2.03. The first-order valence-corrected chi connectivity index (χ1v) is 11.0. The summed E-state index contributed by atoms with van der Waals surface area (Å²) in [5.41, 5.74) is 4.71. The van der Waals surface area contributed by atoms with Crippen molar-refractivity contribution in [2.24, 2.45) is 0 Å². The van der Waals surface area contributed by atoms with Crippen LogP contribution in [0.25, 0.3) is 22.3 Å². The average molecular weight is 411 g/mol. The average Bonchev–Trinajstić information content (AvgIpc) is 3.42. The van der Waals surface area contributed by atoms with E-state index in [1.165, 1.54) is 16.5 Å². The van der Waals surface area contributed by atoms with Crippen LogP contribution in [0.5, 0.6) is 0 Å². The van der Waals surface area contributed by atoms with Crippen LogP contribution in [0.1, 0.15) is 23.3 Å². The summed E-state index contributed by atoms with van der Waals surface area (Å²) in [7, 11) is 0. The lowest BCUT2D eigenvalue weighted by atomic mass is 10.0. The summed E-state index contributed by atoms with van der Waals surface area (Å²) in [5, 5.41) is 11.4. The Bertz CT molecular complexity index is 1220. The molecule has 0 saturated heterocycles. The minimum Gasteiger partial charge on any atom is -0.360 e. The molecule has 0 radical (unpaired) electrons. The number of aromatic amines is 1. The number of rotatable bonds is 6. The number of hydrogen-bond donors (Lipinski definition) is 1. The number of hydrogen-bond acceptors (Lipinski definition) is 3. The summed E-state index contributed by atoms with van der Waals surface area (Å²) in [6, 6.07) is 29.5. The van der Waals surface area contributed by atoms with Crippen LogP contribution in [0, 0.1) is 0 Å². The van der Waals surface area contributed by atoms with E-state index in [4.69, 9.17) is 0 Å². The van der Waals surface area contributed by atoms with Gasteiger partial charge in [0.2, 0.25) is 0 Å².